The highest BCUT2D eigenvalue weighted by molar-refractivity contribution is 6.23. The van der Waals surface area contributed by atoms with Crippen molar-refractivity contribution in [3.8, 4) is 0 Å². The van der Waals surface area contributed by atoms with E-state index in [0.29, 0.717) is 30.1 Å². The number of alkyl halides is 1. The summed E-state index contributed by atoms with van der Waals surface area (Å²) in [6.45, 7) is 7.92. The zero-order chi connectivity index (χ0) is 21.6. The predicted molar refractivity (Wildman–Crippen MR) is 114 cm³/mol. The Morgan fingerprint density at radius 3 is 2.50 bits per heavy atom. The van der Waals surface area contributed by atoms with Gasteiger partial charge in [0.1, 0.15) is 0 Å². The second-order valence-electron chi connectivity index (χ2n) is 11.0. The third kappa shape index (κ3) is 2.38. The van der Waals surface area contributed by atoms with Gasteiger partial charge in [-0.2, -0.15) is 0 Å². The van der Waals surface area contributed by atoms with E-state index in [1.807, 2.05) is 6.08 Å². The molecule has 0 aliphatic heterocycles. The number of carbonyl (C=O) groups excluding carboxylic acids is 3. The Morgan fingerprint density at radius 2 is 1.83 bits per heavy atom. The van der Waals surface area contributed by atoms with Gasteiger partial charge in [-0.25, -0.2) is 0 Å². The molecular weight excluding hydrogens is 400 g/mol. The summed E-state index contributed by atoms with van der Waals surface area (Å²) in [5.74, 6) is 1.83. The molecule has 0 aromatic rings. The molecule has 5 rings (SSSR count). The number of esters is 1. The number of ether oxygens (including phenoxy) is 1. The molecule has 4 saturated carbocycles. The highest BCUT2D eigenvalue weighted by Gasteiger charge is 2.71. The number of fused-ring (bicyclic) bond motifs is 7. The normalized spacial score (nSPS) is 51.1. The standard InChI is InChI=1S/C25H33ClO4/c1-5-22(29)30-25(13(2)27)9-7-16-14-11-20(26)19-12-21(28)15-10-18(15)24(19,4)17(14)6-8-23(16,25)3/h12,14-18,20H,5-11H2,1-4H3/t14-,15?,16-,17+,18?,20+,23-,24+,25+/m0/s1. The number of halogens is 1. The molecule has 0 saturated heterocycles. The van der Waals surface area contributed by atoms with E-state index in [-0.39, 0.29) is 46.1 Å². The van der Waals surface area contributed by atoms with Crippen molar-refractivity contribution in [3.05, 3.63) is 11.6 Å². The molecular formula is C25H33ClO4. The summed E-state index contributed by atoms with van der Waals surface area (Å²) < 4.78 is 5.99. The Labute approximate surface area is 184 Å². The van der Waals surface area contributed by atoms with E-state index in [1.165, 1.54) is 5.57 Å². The third-order valence-electron chi connectivity index (χ3n) is 10.1. The summed E-state index contributed by atoms with van der Waals surface area (Å²) >= 11 is 6.95. The minimum absolute atomic E-state index is 0.00317. The molecule has 5 aliphatic rings. The fraction of sp³-hybridized carbons (Fsp3) is 0.800. The SMILES string of the molecule is CCC(=O)O[C@@]1(C(C)=O)CC[C@H]2[C@@H]3C[C@@H](Cl)C4=CC(=O)C5CC5[C@@]4(C)[C@@H]3CC[C@@]21C. The maximum Gasteiger partial charge on any atom is 0.306 e. The van der Waals surface area contributed by atoms with Gasteiger partial charge in [0.15, 0.2) is 17.2 Å². The molecule has 0 heterocycles. The van der Waals surface area contributed by atoms with E-state index >= 15 is 0 Å². The van der Waals surface area contributed by atoms with Crippen LogP contribution in [0.4, 0.5) is 0 Å². The molecule has 5 heteroatoms. The van der Waals surface area contributed by atoms with Crippen molar-refractivity contribution in [3.63, 3.8) is 0 Å². The topological polar surface area (TPSA) is 60.4 Å². The average Bonchev–Trinajstić information content (AvgIpc) is 3.45. The van der Waals surface area contributed by atoms with E-state index in [4.69, 9.17) is 16.3 Å². The minimum atomic E-state index is -1.00. The van der Waals surface area contributed by atoms with Crippen LogP contribution in [0, 0.1) is 40.4 Å². The van der Waals surface area contributed by atoms with Crippen molar-refractivity contribution in [2.45, 2.75) is 83.6 Å². The van der Waals surface area contributed by atoms with Crippen molar-refractivity contribution < 1.29 is 19.1 Å². The van der Waals surface area contributed by atoms with Gasteiger partial charge in [0.2, 0.25) is 0 Å². The van der Waals surface area contributed by atoms with Gasteiger partial charge in [-0.05, 0) is 86.2 Å². The van der Waals surface area contributed by atoms with Crippen LogP contribution < -0.4 is 0 Å². The fourth-order valence-corrected chi connectivity index (χ4v) is 9.03. The van der Waals surface area contributed by atoms with Crippen LogP contribution >= 0.6 is 11.6 Å². The third-order valence-corrected chi connectivity index (χ3v) is 10.5. The average molecular weight is 433 g/mol. The van der Waals surface area contributed by atoms with Gasteiger partial charge in [-0.3, -0.25) is 14.4 Å². The highest BCUT2D eigenvalue weighted by atomic mass is 35.5. The van der Waals surface area contributed by atoms with Gasteiger partial charge in [0, 0.05) is 17.8 Å². The van der Waals surface area contributed by atoms with Crippen LogP contribution in [0.2, 0.25) is 0 Å². The maximum atomic E-state index is 12.9. The molecule has 0 amide bonds. The Morgan fingerprint density at radius 1 is 1.13 bits per heavy atom. The number of hydrogen-bond donors (Lipinski definition) is 0. The molecule has 0 bridgehead atoms. The van der Waals surface area contributed by atoms with Gasteiger partial charge in [-0.1, -0.05) is 20.8 Å². The second kappa shape index (κ2) is 6.43. The molecule has 9 atom stereocenters. The van der Waals surface area contributed by atoms with Crippen molar-refractivity contribution in [1.29, 1.82) is 0 Å². The first kappa shape index (κ1) is 20.7. The van der Waals surface area contributed by atoms with Crippen LogP contribution in [0.1, 0.15) is 72.6 Å². The van der Waals surface area contributed by atoms with E-state index in [1.54, 1.807) is 13.8 Å². The molecule has 0 aromatic heterocycles. The molecule has 30 heavy (non-hydrogen) atoms. The second-order valence-corrected chi connectivity index (χ2v) is 11.5. The molecule has 0 spiro atoms. The number of hydrogen-bond acceptors (Lipinski definition) is 4. The fourth-order valence-electron chi connectivity index (χ4n) is 8.53. The zero-order valence-electron chi connectivity index (χ0n) is 18.5. The van der Waals surface area contributed by atoms with Gasteiger partial charge in [0.05, 0.1) is 5.38 Å². The smallest absolute Gasteiger partial charge is 0.306 e. The van der Waals surface area contributed by atoms with Gasteiger partial charge in [0.25, 0.3) is 0 Å². The van der Waals surface area contributed by atoms with Crippen molar-refractivity contribution >= 4 is 29.1 Å². The lowest BCUT2D eigenvalue weighted by molar-refractivity contribution is -0.189. The first-order chi connectivity index (χ1) is 14.1. The largest absolute Gasteiger partial charge is 0.450 e. The van der Waals surface area contributed by atoms with Gasteiger partial charge in [-0.15, -0.1) is 11.6 Å². The molecule has 0 N–H and O–H groups in total. The minimum Gasteiger partial charge on any atom is -0.450 e. The zero-order valence-corrected chi connectivity index (χ0v) is 19.3. The lowest BCUT2D eigenvalue weighted by Crippen LogP contribution is -2.60. The number of allylic oxidation sites excluding steroid dienone is 1. The van der Waals surface area contributed by atoms with Crippen LogP contribution in [0.15, 0.2) is 11.6 Å². The molecule has 164 valence electrons. The first-order valence-corrected chi connectivity index (χ1v) is 12.2. The monoisotopic (exact) mass is 432 g/mol. The van der Waals surface area contributed by atoms with Crippen molar-refractivity contribution in [2.75, 3.05) is 0 Å². The predicted octanol–water partition coefficient (Wildman–Crippen LogP) is 4.87. The Hall–Kier alpha value is -1.16. The van der Waals surface area contributed by atoms with E-state index in [9.17, 15) is 14.4 Å². The number of carbonyl (C=O) groups is 3. The van der Waals surface area contributed by atoms with Crippen LogP contribution in [0.3, 0.4) is 0 Å². The number of rotatable bonds is 3. The summed E-state index contributed by atoms with van der Waals surface area (Å²) in [5, 5.41) is -0.116. The van der Waals surface area contributed by atoms with Gasteiger partial charge < -0.3 is 4.74 Å². The molecule has 5 aliphatic carbocycles. The van der Waals surface area contributed by atoms with Crippen LogP contribution in [-0.4, -0.2) is 28.5 Å². The Bertz CT molecular complexity index is 863. The molecule has 4 nitrogen and oxygen atoms in total. The summed E-state index contributed by atoms with van der Waals surface area (Å²) in [6, 6.07) is 0. The maximum absolute atomic E-state index is 12.9. The Balaban J connectivity index is 1.53. The van der Waals surface area contributed by atoms with Crippen LogP contribution in [-0.2, 0) is 19.1 Å². The summed E-state index contributed by atoms with van der Waals surface area (Å²) in [5.41, 5.74) is -0.173. The van der Waals surface area contributed by atoms with Gasteiger partial charge >= 0.3 is 5.97 Å². The summed E-state index contributed by atoms with van der Waals surface area (Å²) in [7, 11) is 0. The highest BCUT2D eigenvalue weighted by Crippen LogP contribution is 2.73. The van der Waals surface area contributed by atoms with E-state index in [2.05, 4.69) is 13.8 Å². The van der Waals surface area contributed by atoms with Crippen molar-refractivity contribution in [1.82, 2.24) is 0 Å². The summed E-state index contributed by atoms with van der Waals surface area (Å²) in [4.78, 5) is 37.7. The molecule has 0 radical (unpaired) electrons. The van der Waals surface area contributed by atoms with Crippen LogP contribution in [0.25, 0.3) is 0 Å². The molecule has 0 aromatic carbocycles. The lowest BCUT2D eigenvalue weighted by atomic mass is 9.46. The Kier molecular flexibility index (Phi) is 4.44. The number of ketones is 2. The quantitative estimate of drug-likeness (QED) is 0.471. The molecule has 4 fully saturated rings. The summed E-state index contributed by atoms with van der Waals surface area (Å²) in [6.07, 6.45) is 7.43. The lowest BCUT2D eigenvalue weighted by Gasteiger charge is -2.60. The molecule has 2 unspecified atom stereocenters. The van der Waals surface area contributed by atoms with E-state index in [0.717, 1.165) is 32.1 Å². The van der Waals surface area contributed by atoms with E-state index < -0.39 is 5.60 Å². The van der Waals surface area contributed by atoms with Crippen LogP contribution in [0.5, 0.6) is 0 Å². The first-order valence-electron chi connectivity index (χ1n) is 11.7. The number of Topliss-reactive ketones (excluding diaryl/α,β-unsaturated/α-hetero) is 1. The van der Waals surface area contributed by atoms with Crippen molar-refractivity contribution in [2.24, 2.45) is 40.4 Å².